The van der Waals surface area contributed by atoms with E-state index in [1.807, 2.05) is 0 Å². The number of rotatable bonds is 8. The highest BCUT2D eigenvalue weighted by molar-refractivity contribution is 5.75. The van der Waals surface area contributed by atoms with E-state index in [4.69, 9.17) is 0 Å². The van der Waals surface area contributed by atoms with E-state index >= 15 is 0 Å². The maximum Gasteiger partial charge on any atom is 0.0687 e. The number of anilines is 2. The molecule has 0 unspecified atom stereocenters. The van der Waals surface area contributed by atoms with Crippen LogP contribution in [0.2, 0.25) is 0 Å². The lowest BCUT2D eigenvalue weighted by Gasteiger charge is -2.32. The molecule has 2 aromatic carbocycles. The minimum atomic E-state index is 0.968. The molecule has 0 N–H and O–H groups in total. The molecule has 0 amide bonds. The van der Waals surface area contributed by atoms with Crippen LogP contribution in [0.3, 0.4) is 0 Å². The van der Waals surface area contributed by atoms with Gasteiger partial charge in [-0.05, 0) is 45.2 Å². The number of nitrogens with zero attached hydrogens (tertiary/aromatic N) is 2. The minimum absolute atomic E-state index is 0.968. The van der Waals surface area contributed by atoms with Crippen molar-refractivity contribution >= 4 is 11.4 Å². The van der Waals surface area contributed by atoms with E-state index in [9.17, 15) is 0 Å². The molecule has 2 rings (SSSR count). The van der Waals surface area contributed by atoms with Crippen molar-refractivity contribution in [2.24, 2.45) is 0 Å². The van der Waals surface area contributed by atoms with Crippen LogP contribution in [0.4, 0.5) is 11.4 Å². The molecule has 0 aliphatic heterocycles. The van der Waals surface area contributed by atoms with Crippen LogP contribution >= 0.6 is 0 Å². The zero-order valence-corrected chi connectivity index (χ0v) is 15.0. The average Bonchev–Trinajstić information content (AvgIpc) is 2.60. The normalized spacial score (nSPS) is 10.6. The van der Waals surface area contributed by atoms with Gasteiger partial charge in [-0.25, -0.2) is 0 Å². The first-order chi connectivity index (χ1) is 11.2. The van der Waals surface area contributed by atoms with E-state index in [-0.39, 0.29) is 0 Å². The molecule has 0 aliphatic carbocycles. The van der Waals surface area contributed by atoms with Gasteiger partial charge in [-0.1, -0.05) is 42.5 Å². The van der Waals surface area contributed by atoms with Crippen molar-refractivity contribution in [3.63, 3.8) is 0 Å². The van der Waals surface area contributed by atoms with Gasteiger partial charge in [-0.2, -0.15) is 0 Å². The lowest BCUT2D eigenvalue weighted by Crippen LogP contribution is -2.29. The van der Waals surface area contributed by atoms with Gasteiger partial charge in [-0.3, -0.25) is 0 Å². The molecule has 0 atom stereocenters. The van der Waals surface area contributed by atoms with E-state index in [2.05, 4.69) is 86.0 Å². The second-order valence-electron chi connectivity index (χ2n) is 5.71. The predicted octanol–water partition coefficient (Wildman–Crippen LogP) is 4.77. The molecule has 2 aromatic rings. The van der Waals surface area contributed by atoms with Crippen molar-refractivity contribution in [2.75, 3.05) is 36.0 Å². The van der Waals surface area contributed by atoms with Crippen molar-refractivity contribution in [3.8, 4) is 0 Å². The van der Waals surface area contributed by atoms with Crippen LogP contribution in [0.25, 0.3) is 0 Å². The molecule has 0 bridgehead atoms. The molecule has 0 saturated carbocycles. The zero-order chi connectivity index (χ0) is 16.7. The summed E-state index contributed by atoms with van der Waals surface area (Å²) < 4.78 is 0. The highest BCUT2D eigenvalue weighted by Gasteiger charge is 2.17. The summed E-state index contributed by atoms with van der Waals surface area (Å²) >= 11 is 0. The second-order valence-corrected chi connectivity index (χ2v) is 5.71. The van der Waals surface area contributed by atoms with Crippen molar-refractivity contribution < 1.29 is 0 Å². The molecule has 0 saturated heterocycles. The Kier molecular flexibility index (Phi) is 6.52. The maximum atomic E-state index is 3.50. The summed E-state index contributed by atoms with van der Waals surface area (Å²) in [5.74, 6) is 0. The monoisotopic (exact) mass is 309 g/mol. The molecule has 123 valence electrons. The largest absolute Gasteiger partial charge is 0.370 e. The molecule has 0 aliphatic rings. The Hall–Kier alpha value is -1.96. The Balaban J connectivity index is 2.50. The van der Waals surface area contributed by atoms with E-state index in [0.29, 0.717) is 0 Å². The first kappa shape index (κ1) is 17.4. The molecular weight excluding hydrogens is 280 g/mol. The summed E-state index contributed by atoms with van der Waals surface area (Å²) in [6, 6.07) is 18.5. The van der Waals surface area contributed by atoms with Gasteiger partial charge < -0.3 is 9.80 Å². The number of benzene rings is 2. The minimum Gasteiger partial charge on any atom is -0.370 e. The zero-order valence-electron chi connectivity index (χ0n) is 15.0. The molecule has 0 spiro atoms. The Morgan fingerprint density at radius 3 is 1.96 bits per heavy atom. The Bertz CT molecular complexity index is 584. The second kappa shape index (κ2) is 8.61. The average molecular weight is 309 g/mol. The SMILES string of the molecule is CCN(CC)c1[c]ccc(Cc2ccccc2)c1N(CC)CC. The van der Waals surface area contributed by atoms with Gasteiger partial charge in [0.15, 0.2) is 0 Å². The Labute approximate surface area is 141 Å². The van der Waals surface area contributed by atoms with Crippen LogP contribution in [-0.4, -0.2) is 26.2 Å². The molecule has 2 heteroatoms. The van der Waals surface area contributed by atoms with Crippen molar-refractivity contribution in [3.05, 3.63) is 59.7 Å². The van der Waals surface area contributed by atoms with E-state index in [1.54, 1.807) is 0 Å². The van der Waals surface area contributed by atoms with Gasteiger partial charge in [0.1, 0.15) is 0 Å². The molecule has 0 fully saturated rings. The lowest BCUT2D eigenvalue weighted by atomic mass is 10.0. The van der Waals surface area contributed by atoms with Crippen LogP contribution in [-0.2, 0) is 6.42 Å². The third-order valence-electron chi connectivity index (χ3n) is 4.43. The van der Waals surface area contributed by atoms with Crippen LogP contribution in [0.15, 0.2) is 42.5 Å². The summed E-state index contributed by atoms with van der Waals surface area (Å²) in [7, 11) is 0. The molecule has 2 nitrogen and oxygen atoms in total. The van der Waals surface area contributed by atoms with Gasteiger partial charge in [0.2, 0.25) is 0 Å². The van der Waals surface area contributed by atoms with E-state index < -0.39 is 0 Å². The summed E-state index contributed by atoms with van der Waals surface area (Å²) in [5.41, 5.74) is 5.34. The molecule has 0 heterocycles. The summed E-state index contributed by atoms with van der Waals surface area (Å²) in [6.07, 6.45) is 0.968. The van der Waals surface area contributed by atoms with Gasteiger partial charge in [0.05, 0.1) is 11.4 Å². The van der Waals surface area contributed by atoms with Crippen molar-refractivity contribution in [1.82, 2.24) is 0 Å². The highest BCUT2D eigenvalue weighted by Crippen LogP contribution is 2.34. The van der Waals surface area contributed by atoms with Crippen LogP contribution in [0.5, 0.6) is 0 Å². The molecule has 23 heavy (non-hydrogen) atoms. The summed E-state index contributed by atoms with van der Waals surface area (Å²) in [4.78, 5) is 4.87. The Morgan fingerprint density at radius 2 is 1.39 bits per heavy atom. The third kappa shape index (κ3) is 4.07. The van der Waals surface area contributed by atoms with Gasteiger partial charge in [0.25, 0.3) is 0 Å². The summed E-state index contributed by atoms with van der Waals surface area (Å²) in [6.45, 7) is 12.9. The quantitative estimate of drug-likeness (QED) is 0.693. The predicted molar refractivity (Wildman–Crippen MR) is 102 cm³/mol. The molecule has 0 aromatic heterocycles. The fourth-order valence-corrected chi connectivity index (χ4v) is 3.15. The Morgan fingerprint density at radius 1 is 0.783 bits per heavy atom. The lowest BCUT2D eigenvalue weighted by molar-refractivity contribution is 0.826. The number of hydrogen-bond acceptors (Lipinski definition) is 2. The fraction of sp³-hybridized carbons (Fsp3) is 0.429. The van der Waals surface area contributed by atoms with Crippen molar-refractivity contribution in [2.45, 2.75) is 34.1 Å². The van der Waals surface area contributed by atoms with Gasteiger partial charge in [-0.15, -0.1) is 0 Å². The maximum absolute atomic E-state index is 3.50. The summed E-state index contributed by atoms with van der Waals surface area (Å²) in [5, 5.41) is 0. The first-order valence-corrected chi connectivity index (χ1v) is 8.82. The van der Waals surface area contributed by atoms with Crippen LogP contribution in [0, 0.1) is 6.07 Å². The van der Waals surface area contributed by atoms with Crippen LogP contribution < -0.4 is 9.80 Å². The topological polar surface area (TPSA) is 6.48 Å². The van der Waals surface area contributed by atoms with E-state index in [0.717, 1.165) is 32.6 Å². The highest BCUT2D eigenvalue weighted by atomic mass is 15.2. The van der Waals surface area contributed by atoms with Crippen LogP contribution in [0.1, 0.15) is 38.8 Å². The standard InChI is InChI=1S/C21H29N2/c1-5-22(6-2)20-16-12-15-19(21(20)23(7-3)8-4)17-18-13-10-9-11-14-18/h9-15H,5-8,17H2,1-4H3. The first-order valence-electron chi connectivity index (χ1n) is 8.82. The van der Waals surface area contributed by atoms with E-state index in [1.165, 1.54) is 22.5 Å². The molecule has 1 radical (unpaired) electrons. The van der Waals surface area contributed by atoms with Crippen molar-refractivity contribution in [1.29, 1.82) is 0 Å². The smallest absolute Gasteiger partial charge is 0.0687 e. The van der Waals surface area contributed by atoms with Gasteiger partial charge in [0, 0.05) is 32.2 Å². The molecular formula is C21H29N2. The number of hydrogen-bond donors (Lipinski definition) is 0. The fourth-order valence-electron chi connectivity index (χ4n) is 3.15. The van der Waals surface area contributed by atoms with Gasteiger partial charge >= 0.3 is 0 Å². The third-order valence-corrected chi connectivity index (χ3v) is 4.43.